The van der Waals surface area contributed by atoms with Crippen LogP contribution in [0.1, 0.15) is 5.56 Å². The van der Waals surface area contributed by atoms with Gasteiger partial charge in [0, 0.05) is 17.7 Å². The number of H-pyrrole nitrogens is 1. The number of aromatic nitrogens is 3. The number of nitro groups is 1. The Morgan fingerprint density at radius 2 is 1.80 bits per heavy atom. The van der Waals surface area contributed by atoms with E-state index in [1.165, 1.54) is 18.3 Å². The highest BCUT2D eigenvalue weighted by molar-refractivity contribution is 5.80. The summed E-state index contributed by atoms with van der Waals surface area (Å²) < 4.78 is 0. The first-order valence-electron chi connectivity index (χ1n) is 7.19. The molecule has 0 fully saturated rings. The number of hydrogen-bond donors (Lipinski definition) is 2. The van der Waals surface area contributed by atoms with E-state index in [1.54, 1.807) is 36.4 Å². The largest absolute Gasteiger partial charge is 0.288 e. The molecule has 0 aliphatic carbocycles. The summed E-state index contributed by atoms with van der Waals surface area (Å²) in [5, 5.41) is 22.3. The molecule has 1 heterocycles. The minimum Gasteiger partial charge on any atom is -0.288 e. The van der Waals surface area contributed by atoms with Crippen LogP contribution in [0.25, 0.3) is 11.3 Å². The maximum atomic E-state index is 12.1. The molecule has 0 aliphatic rings. The van der Waals surface area contributed by atoms with Gasteiger partial charge in [-0.3, -0.25) is 19.9 Å². The molecule has 0 spiro atoms. The topological polar surface area (TPSA) is 126 Å². The van der Waals surface area contributed by atoms with Crippen LogP contribution < -0.4 is 11.0 Å². The van der Waals surface area contributed by atoms with Crippen molar-refractivity contribution >= 4 is 17.9 Å². The lowest BCUT2D eigenvalue weighted by molar-refractivity contribution is -0.384. The van der Waals surface area contributed by atoms with Crippen LogP contribution in [-0.2, 0) is 0 Å². The molecule has 0 aliphatic heterocycles. The zero-order valence-electron chi connectivity index (χ0n) is 12.8. The van der Waals surface area contributed by atoms with Crippen LogP contribution >= 0.6 is 0 Å². The second kappa shape index (κ2) is 7.13. The summed E-state index contributed by atoms with van der Waals surface area (Å²) in [6, 6.07) is 14.8. The quantitative estimate of drug-likeness (QED) is 0.418. The van der Waals surface area contributed by atoms with Gasteiger partial charge in [0.05, 0.1) is 11.1 Å². The van der Waals surface area contributed by atoms with Crippen molar-refractivity contribution in [3.05, 3.63) is 80.6 Å². The summed E-state index contributed by atoms with van der Waals surface area (Å²) >= 11 is 0. The van der Waals surface area contributed by atoms with Crippen molar-refractivity contribution in [2.75, 3.05) is 5.43 Å². The molecule has 0 bridgehead atoms. The number of benzene rings is 2. The van der Waals surface area contributed by atoms with E-state index < -0.39 is 10.5 Å². The molecule has 0 saturated carbocycles. The molecule has 25 heavy (non-hydrogen) atoms. The highest BCUT2D eigenvalue weighted by atomic mass is 16.6. The number of hydrogen-bond acceptors (Lipinski definition) is 7. The van der Waals surface area contributed by atoms with Crippen molar-refractivity contribution in [1.82, 2.24) is 15.2 Å². The van der Waals surface area contributed by atoms with Gasteiger partial charge in [-0.25, -0.2) is 5.43 Å². The van der Waals surface area contributed by atoms with Crippen molar-refractivity contribution in [1.29, 1.82) is 0 Å². The number of hydrazone groups is 1. The predicted octanol–water partition coefficient (Wildman–Crippen LogP) is 2.19. The fourth-order valence-electron chi connectivity index (χ4n) is 2.02. The third-order valence-corrected chi connectivity index (χ3v) is 3.23. The molecular weight excluding hydrogens is 324 g/mol. The fraction of sp³-hybridized carbons (Fsp3) is 0. The van der Waals surface area contributed by atoms with E-state index in [0.29, 0.717) is 11.1 Å². The monoisotopic (exact) mass is 336 g/mol. The van der Waals surface area contributed by atoms with E-state index in [0.717, 1.165) is 0 Å². The summed E-state index contributed by atoms with van der Waals surface area (Å²) in [5.41, 5.74) is 3.68. The molecule has 0 atom stereocenters. The average Bonchev–Trinajstić information content (AvgIpc) is 2.63. The van der Waals surface area contributed by atoms with E-state index in [-0.39, 0.29) is 17.3 Å². The summed E-state index contributed by atoms with van der Waals surface area (Å²) in [6.45, 7) is 0. The summed E-state index contributed by atoms with van der Waals surface area (Å²) in [6.07, 6.45) is 1.44. The van der Waals surface area contributed by atoms with E-state index in [4.69, 9.17) is 0 Å². The van der Waals surface area contributed by atoms with Crippen molar-refractivity contribution in [2.24, 2.45) is 5.10 Å². The third kappa shape index (κ3) is 3.91. The summed E-state index contributed by atoms with van der Waals surface area (Å²) in [4.78, 5) is 24.7. The molecule has 9 heteroatoms. The van der Waals surface area contributed by atoms with Crippen LogP contribution in [-0.4, -0.2) is 26.3 Å². The molecule has 1 aromatic heterocycles. The SMILES string of the molecule is O=c1[nH]c(N/N=C\c2ccc([N+](=O)[O-])cc2)nnc1-c1ccccc1. The lowest BCUT2D eigenvalue weighted by atomic mass is 10.2. The minimum absolute atomic E-state index is 0.00296. The summed E-state index contributed by atoms with van der Waals surface area (Å²) in [7, 11) is 0. The van der Waals surface area contributed by atoms with Crippen LogP contribution in [0.5, 0.6) is 0 Å². The Bertz CT molecular complexity index is 967. The van der Waals surface area contributed by atoms with Gasteiger partial charge in [-0.1, -0.05) is 30.3 Å². The zero-order valence-corrected chi connectivity index (χ0v) is 12.8. The molecule has 0 radical (unpaired) electrons. The second-order valence-electron chi connectivity index (χ2n) is 4.94. The first kappa shape index (κ1) is 16.0. The minimum atomic E-state index is -0.478. The van der Waals surface area contributed by atoms with Gasteiger partial charge >= 0.3 is 0 Å². The molecule has 2 aromatic carbocycles. The number of nitro benzene ring substituents is 1. The maximum absolute atomic E-state index is 12.1. The Hall–Kier alpha value is -3.88. The van der Waals surface area contributed by atoms with Gasteiger partial charge in [0.2, 0.25) is 5.95 Å². The van der Waals surface area contributed by atoms with E-state index in [9.17, 15) is 14.9 Å². The lowest BCUT2D eigenvalue weighted by Gasteiger charge is -2.01. The first-order valence-corrected chi connectivity index (χ1v) is 7.19. The number of rotatable bonds is 5. The molecule has 0 unspecified atom stereocenters. The van der Waals surface area contributed by atoms with Crippen LogP contribution in [0.15, 0.2) is 64.5 Å². The highest BCUT2D eigenvalue weighted by Crippen LogP contribution is 2.11. The molecule has 3 aromatic rings. The summed E-state index contributed by atoms with van der Waals surface area (Å²) in [5.74, 6) is 0.0860. The highest BCUT2D eigenvalue weighted by Gasteiger charge is 2.06. The normalized spacial score (nSPS) is 10.7. The third-order valence-electron chi connectivity index (χ3n) is 3.23. The maximum Gasteiger partial charge on any atom is 0.279 e. The van der Waals surface area contributed by atoms with Crippen molar-refractivity contribution in [2.45, 2.75) is 0 Å². The number of nitrogens with zero attached hydrogens (tertiary/aromatic N) is 4. The Morgan fingerprint density at radius 1 is 1.08 bits per heavy atom. The predicted molar refractivity (Wildman–Crippen MR) is 92.4 cm³/mol. The van der Waals surface area contributed by atoms with E-state index >= 15 is 0 Å². The molecule has 2 N–H and O–H groups in total. The van der Waals surface area contributed by atoms with Gasteiger partial charge in [0.25, 0.3) is 11.2 Å². The average molecular weight is 336 g/mol. The van der Waals surface area contributed by atoms with Crippen molar-refractivity contribution in [3.63, 3.8) is 0 Å². The molecular formula is C16H12N6O3. The Kier molecular flexibility index (Phi) is 4.56. The molecule has 0 saturated heterocycles. The van der Waals surface area contributed by atoms with Gasteiger partial charge in [-0.05, 0) is 17.7 Å². The van der Waals surface area contributed by atoms with Gasteiger partial charge in [-0.15, -0.1) is 10.2 Å². The van der Waals surface area contributed by atoms with Crippen LogP contribution in [0.3, 0.4) is 0 Å². The smallest absolute Gasteiger partial charge is 0.279 e. The van der Waals surface area contributed by atoms with Crippen molar-refractivity contribution in [3.8, 4) is 11.3 Å². The number of anilines is 1. The van der Waals surface area contributed by atoms with Gasteiger partial charge in [-0.2, -0.15) is 5.10 Å². The Labute approximate surface area is 141 Å². The van der Waals surface area contributed by atoms with E-state index in [2.05, 4.69) is 25.7 Å². The van der Waals surface area contributed by atoms with Gasteiger partial charge in [0.1, 0.15) is 0 Å². The fourth-order valence-corrected chi connectivity index (χ4v) is 2.02. The molecule has 0 amide bonds. The first-order chi connectivity index (χ1) is 12.1. The second-order valence-corrected chi connectivity index (χ2v) is 4.94. The lowest BCUT2D eigenvalue weighted by Crippen LogP contribution is -2.15. The Balaban J connectivity index is 1.70. The van der Waals surface area contributed by atoms with Crippen LogP contribution in [0.2, 0.25) is 0 Å². The van der Waals surface area contributed by atoms with Crippen molar-refractivity contribution < 1.29 is 4.92 Å². The van der Waals surface area contributed by atoms with Crippen LogP contribution in [0, 0.1) is 10.1 Å². The van der Waals surface area contributed by atoms with Crippen LogP contribution in [0.4, 0.5) is 11.6 Å². The standard InChI is InChI=1S/C16H12N6O3/c23-15-14(12-4-2-1-3-5-12)19-21-16(18-15)20-17-10-11-6-8-13(9-7-11)22(24)25/h1-10H,(H2,18,20,21,23)/b17-10-. The zero-order chi connectivity index (χ0) is 17.6. The number of non-ortho nitro benzene ring substituents is 1. The van der Waals surface area contributed by atoms with E-state index in [1.807, 2.05) is 6.07 Å². The molecule has 9 nitrogen and oxygen atoms in total. The number of aromatic amines is 1. The number of nitrogens with one attached hydrogen (secondary N) is 2. The molecule has 124 valence electrons. The van der Waals surface area contributed by atoms with Gasteiger partial charge in [0.15, 0.2) is 5.69 Å². The Morgan fingerprint density at radius 3 is 2.44 bits per heavy atom. The van der Waals surface area contributed by atoms with Gasteiger partial charge < -0.3 is 0 Å². The molecule has 3 rings (SSSR count).